The van der Waals surface area contributed by atoms with Gasteiger partial charge in [-0.05, 0) is 17.7 Å². The summed E-state index contributed by atoms with van der Waals surface area (Å²) in [6, 6.07) is 21.0. The number of hydrogen-bond acceptors (Lipinski definition) is 2. The molecule has 0 heterocycles. The molecule has 0 atom stereocenters. The first-order valence-corrected chi connectivity index (χ1v) is 7.06. The summed E-state index contributed by atoms with van der Waals surface area (Å²) >= 11 is 0. The van der Waals surface area contributed by atoms with E-state index in [-0.39, 0.29) is 0 Å². The molecule has 2 aromatic carbocycles. The minimum Gasteiger partial charge on any atom is -0.325 e. The van der Waals surface area contributed by atoms with Crippen molar-refractivity contribution < 1.29 is 4.79 Å². The number of nitrogens with zero attached hydrogens (tertiary/aromatic N) is 2. The second kappa shape index (κ2) is 8.29. The number of rotatable bonds is 4. The highest BCUT2D eigenvalue weighted by molar-refractivity contribution is 5.91. The maximum Gasteiger partial charge on any atom is 0.325 e. The van der Waals surface area contributed by atoms with Gasteiger partial charge in [0, 0.05) is 25.1 Å². The third-order valence-electron chi connectivity index (χ3n) is 3.11. The van der Waals surface area contributed by atoms with Crippen molar-refractivity contribution in [1.82, 2.24) is 4.90 Å². The molecule has 3 nitrogen and oxygen atoms in total. The van der Waals surface area contributed by atoms with Crippen LogP contribution < -0.4 is 0 Å². The molecule has 0 saturated heterocycles. The molecular weight excluding hydrogens is 272 g/mol. The normalized spacial score (nSPS) is 9.23. The first kappa shape index (κ1) is 15.4. The van der Waals surface area contributed by atoms with Crippen LogP contribution in [0.3, 0.4) is 0 Å². The quantitative estimate of drug-likeness (QED) is 0.641. The van der Waals surface area contributed by atoms with E-state index in [1.807, 2.05) is 60.7 Å². The predicted molar refractivity (Wildman–Crippen MR) is 85.4 cm³/mol. The Morgan fingerprint density at radius 1 is 1.00 bits per heavy atom. The summed E-state index contributed by atoms with van der Waals surface area (Å²) in [6.07, 6.45) is 0.537. The lowest BCUT2D eigenvalue weighted by Crippen LogP contribution is -2.30. The number of amides is 1. The van der Waals surface area contributed by atoms with Crippen molar-refractivity contribution in [3.63, 3.8) is 0 Å². The highest BCUT2D eigenvalue weighted by Gasteiger charge is 2.12. The molecule has 0 aliphatic carbocycles. The lowest BCUT2D eigenvalue weighted by atomic mass is 10.2. The van der Waals surface area contributed by atoms with Gasteiger partial charge < -0.3 is 4.90 Å². The summed E-state index contributed by atoms with van der Waals surface area (Å²) in [6.45, 7) is 0.876. The van der Waals surface area contributed by atoms with Crippen molar-refractivity contribution in [3.05, 3.63) is 71.8 Å². The van der Waals surface area contributed by atoms with Crippen molar-refractivity contribution >= 4 is 5.91 Å². The van der Waals surface area contributed by atoms with Crippen LogP contribution in [0.4, 0.5) is 0 Å². The van der Waals surface area contributed by atoms with Crippen LogP contribution in [0.2, 0.25) is 0 Å². The van der Waals surface area contributed by atoms with E-state index in [1.165, 1.54) is 4.90 Å². The molecule has 0 aliphatic heterocycles. The SMILES string of the molecule is N#CC(=O)N(CCC#Cc1ccccc1)Cc1ccccc1. The van der Waals surface area contributed by atoms with Crippen LogP contribution in [-0.4, -0.2) is 17.4 Å². The third kappa shape index (κ3) is 4.81. The van der Waals surface area contributed by atoms with Gasteiger partial charge in [-0.25, -0.2) is 0 Å². The fraction of sp³-hybridized carbons (Fsp3) is 0.158. The zero-order chi connectivity index (χ0) is 15.6. The molecule has 0 aliphatic rings. The number of carbonyl (C=O) groups excluding carboxylic acids is 1. The summed E-state index contributed by atoms with van der Waals surface area (Å²) < 4.78 is 0. The average Bonchev–Trinajstić information content (AvgIpc) is 2.58. The van der Waals surface area contributed by atoms with E-state index < -0.39 is 5.91 Å². The fourth-order valence-corrected chi connectivity index (χ4v) is 2.00. The summed E-state index contributed by atoms with van der Waals surface area (Å²) in [5.41, 5.74) is 1.95. The predicted octanol–water partition coefficient (Wildman–Crippen LogP) is 2.98. The summed E-state index contributed by atoms with van der Waals surface area (Å²) in [7, 11) is 0. The van der Waals surface area contributed by atoms with Crippen molar-refractivity contribution in [1.29, 1.82) is 5.26 Å². The molecular formula is C19H16N2O. The second-order valence-electron chi connectivity index (χ2n) is 4.74. The van der Waals surface area contributed by atoms with E-state index in [2.05, 4.69) is 11.8 Å². The highest BCUT2D eigenvalue weighted by Crippen LogP contribution is 2.05. The average molecular weight is 288 g/mol. The molecule has 0 bridgehead atoms. The maximum absolute atomic E-state index is 11.7. The van der Waals surface area contributed by atoms with Crippen molar-refractivity contribution in [2.24, 2.45) is 0 Å². The van der Waals surface area contributed by atoms with E-state index in [9.17, 15) is 4.79 Å². The summed E-state index contributed by atoms with van der Waals surface area (Å²) in [5, 5.41) is 8.84. The van der Waals surface area contributed by atoms with Crippen LogP contribution in [0, 0.1) is 23.2 Å². The molecule has 0 saturated carbocycles. The van der Waals surface area contributed by atoms with Gasteiger partial charge in [-0.15, -0.1) is 0 Å². The Morgan fingerprint density at radius 3 is 2.27 bits per heavy atom. The molecule has 22 heavy (non-hydrogen) atoms. The van der Waals surface area contributed by atoms with E-state index >= 15 is 0 Å². The van der Waals surface area contributed by atoms with Crippen LogP contribution in [0.25, 0.3) is 0 Å². The lowest BCUT2D eigenvalue weighted by molar-refractivity contribution is -0.125. The van der Waals surface area contributed by atoms with Crippen LogP contribution in [-0.2, 0) is 11.3 Å². The first-order chi connectivity index (χ1) is 10.8. The summed E-state index contributed by atoms with van der Waals surface area (Å²) in [4.78, 5) is 13.2. The minimum absolute atomic E-state index is 0.431. The van der Waals surface area contributed by atoms with Crippen molar-refractivity contribution in [2.45, 2.75) is 13.0 Å². The molecule has 2 aromatic rings. The van der Waals surface area contributed by atoms with Crippen molar-refractivity contribution in [2.75, 3.05) is 6.54 Å². The Morgan fingerprint density at radius 2 is 1.64 bits per heavy atom. The first-order valence-electron chi connectivity index (χ1n) is 7.06. The van der Waals surface area contributed by atoms with Gasteiger partial charge in [0.2, 0.25) is 0 Å². The third-order valence-corrected chi connectivity index (χ3v) is 3.11. The van der Waals surface area contributed by atoms with Gasteiger partial charge in [-0.1, -0.05) is 60.4 Å². The second-order valence-corrected chi connectivity index (χ2v) is 4.74. The Kier molecular flexibility index (Phi) is 5.79. The molecule has 2 rings (SSSR count). The molecule has 0 unspecified atom stereocenters. The Labute approximate surface area is 130 Å². The smallest absolute Gasteiger partial charge is 0.325 e. The molecule has 0 aromatic heterocycles. The maximum atomic E-state index is 11.7. The molecule has 3 heteroatoms. The van der Waals surface area contributed by atoms with E-state index in [1.54, 1.807) is 6.07 Å². The number of benzene rings is 2. The van der Waals surface area contributed by atoms with Gasteiger partial charge in [-0.3, -0.25) is 4.79 Å². The van der Waals surface area contributed by atoms with E-state index in [0.717, 1.165) is 11.1 Å². The highest BCUT2D eigenvalue weighted by atomic mass is 16.2. The lowest BCUT2D eigenvalue weighted by Gasteiger charge is -2.18. The zero-order valence-corrected chi connectivity index (χ0v) is 12.2. The monoisotopic (exact) mass is 288 g/mol. The molecule has 0 fully saturated rings. The molecule has 108 valence electrons. The Bertz CT molecular complexity index is 706. The van der Waals surface area contributed by atoms with Gasteiger partial charge in [0.05, 0.1) is 0 Å². The number of nitriles is 1. The summed E-state index contributed by atoms with van der Waals surface area (Å²) in [5.74, 6) is 5.57. The zero-order valence-electron chi connectivity index (χ0n) is 12.2. The number of carbonyl (C=O) groups is 1. The van der Waals surface area contributed by atoms with E-state index in [0.29, 0.717) is 19.5 Å². The molecule has 0 N–H and O–H groups in total. The van der Waals surface area contributed by atoms with Crippen molar-refractivity contribution in [3.8, 4) is 17.9 Å². The number of hydrogen-bond donors (Lipinski definition) is 0. The van der Waals surface area contributed by atoms with Gasteiger partial charge in [-0.2, -0.15) is 5.26 Å². The minimum atomic E-state index is -0.523. The standard InChI is InChI=1S/C19H16N2O/c20-15-19(22)21(16-18-12-5-2-6-13-18)14-8-7-11-17-9-3-1-4-10-17/h1-6,9-10,12-13H,8,14,16H2. The molecule has 0 spiro atoms. The van der Waals surface area contributed by atoms with Gasteiger partial charge in [0.15, 0.2) is 6.07 Å². The fourth-order valence-electron chi connectivity index (χ4n) is 2.00. The van der Waals surface area contributed by atoms with Crippen LogP contribution in [0.1, 0.15) is 17.5 Å². The van der Waals surface area contributed by atoms with Crippen LogP contribution in [0.15, 0.2) is 60.7 Å². The van der Waals surface area contributed by atoms with Gasteiger partial charge >= 0.3 is 5.91 Å². The van der Waals surface area contributed by atoms with E-state index in [4.69, 9.17) is 5.26 Å². The van der Waals surface area contributed by atoms with Crippen LogP contribution in [0.5, 0.6) is 0 Å². The Hall–Kier alpha value is -3.04. The van der Waals surface area contributed by atoms with Gasteiger partial charge in [0.1, 0.15) is 0 Å². The molecule has 1 amide bonds. The van der Waals surface area contributed by atoms with Crippen LogP contribution >= 0.6 is 0 Å². The topological polar surface area (TPSA) is 44.1 Å². The largest absolute Gasteiger partial charge is 0.325 e. The molecule has 0 radical (unpaired) electrons. The Balaban J connectivity index is 1.95. The van der Waals surface area contributed by atoms with Gasteiger partial charge in [0.25, 0.3) is 0 Å².